The number of hydrogen-bond acceptors (Lipinski definition) is 6. The van der Waals surface area contributed by atoms with Gasteiger partial charge in [0.05, 0.1) is 0 Å². The van der Waals surface area contributed by atoms with Gasteiger partial charge < -0.3 is 10.2 Å². The average Bonchev–Trinajstić information content (AvgIpc) is 2.77. The number of thioether (sulfide) groups is 1. The summed E-state index contributed by atoms with van der Waals surface area (Å²) in [7, 11) is 2.00. The van der Waals surface area contributed by atoms with Crippen molar-refractivity contribution in [3.05, 3.63) is 76.7 Å². The molecule has 0 radical (unpaired) electrons. The Hall–Kier alpha value is -2.64. The number of aromatic nitrogens is 3. The number of carbonyl (C=O) groups excluding carboxylic acids is 1. The molecule has 0 aliphatic heterocycles. The van der Waals surface area contributed by atoms with E-state index in [1.165, 1.54) is 11.8 Å². The van der Waals surface area contributed by atoms with E-state index in [0.29, 0.717) is 28.2 Å². The Morgan fingerprint density at radius 3 is 2.53 bits per heavy atom. The molecule has 2 aromatic heterocycles. The molecule has 0 unspecified atom stereocenters. The molecule has 2 heterocycles. The lowest BCUT2D eigenvalue weighted by Gasteiger charge is -2.17. The summed E-state index contributed by atoms with van der Waals surface area (Å²) >= 11 is 7.69. The van der Waals surface area contributed by atoms with Crippen LogP contribution in [0.15, 0.2) is 60.0 Å². The van der Waals surface area contributed by atoms with Gasteiger partial charge in [-0.2, -0.15) is 0 Å². The van der Waals surface area contributed by atoms with Crippen molar-refractivity contribution in [2.24, 2.45) is 0 Å². The zero-order valence-corrected chi connectivity index (χ0v) is 18.6. The van der Waals surface area contributed by atoms with Gasteiger partial charge in [-0.25, -0.2) is 9.97 Å². The van der Waals surface area contributed by atoms with Crippen LogP contribution >= 0.6 is 23.4 Å². The number of nitrogens with zero attached hydrogens (tertiary/aromatic N) is 4. The highest BCUT2D eigenvalue weighted by Crippen LogP contribution is 2.24. The Morgan fingerprint density at radius 1 is 1.10 bits per heavy atom. The molecular formula is C22H24ClN5OS. The summed E-state index contributed by atoms with van der Waals surface area (Å²) in [6.07, 6.45) is 4.45. The third kappa shape index (κ3) is 6.43. The number of nitrogens with one attached hydrogen (secondary N) is 1. The van der Waals surface area contributed by atoms with Crippen molar-refractivity contribution in [3.63, 3.8) is 0 Å². The normalized spacial score (nSPS) is 10.6. The second-order valence-electron chi connectivity index (χ2n) is 6.78. The molecule has 1 amide bonds. The highest BCUT2D eigenvalue weighted by Gasteiger charge is 2.09. The molecule has 30 heavy (non-hydrogen) atoms. The lowest BCUT2D eigenvalue weighted by Crippen LogP contribution is -2.22. The molecule has 1 aromatic carbocycles. The lowest BCUT2D eigenvalue weighted by molar-refractivity contribution is 0.0951. The van der Waals surface area contributed by atoms with Crippen molar-refractivity contribution < 1.29 is 4.79 Å². The fourth-order valence-electron chi connectivity index (χ4n) is 2.78. The van der Waals surface area contributed by atoms with E-state index < -0.39 is 0 Å². The topological polar surface area (TPSA) is 71.0 Å². The minimum absolute atomic E-state index is 0.104. The number of benzene rings is 1. The van der Waals surface area contributed by atoms with E-state index in [1.807, 2.05) is 43.4 Å². The number of halogens is 1. The molecule has 0 bridgehead atoms. The second-order valence-corrected chi connectivity index (χ2v) is 8.11. The zero-order valence-electron chi connectivity index (χ0n) is 17.0. The molecule has 0 saturated carbocycles. The van der Waals surface area contributed by atoms with Gasteiger partial charge in [0, 0.05) is 49.9 Å². The number of carbonyl (C=O) groups is 1. The summed E-state index contributed by atoms with van der Waals surface area (Å²) in [5.41, 5.74) is 2.72. The molecule has 0 atom stereocenters. The van der Waals surface area contributed by atoms with Crippen LogP contribution in [0.3, 0.4) is 0 Å². The number of anilines is 1. The van der Waals surface area contributed by atoms with E-state index in [9.17, 15) is 4.79 Å². The van der Waals surface area contributed by atoms with Crippen LogP contribution in [0.25, 0.3) is 0 Å². The molecule has 6 nitrogen and oxygen atoms in total. The van der Waals surface area contributed by atoms with Gasteiger partial charge in [-0.3, -0.25) is 9.78 Å². The molecule has 8 heteroatoms. The van der Waals surface area contributed by atoms with Gasteiger partial charge in [0.15, 0.2) is 5.16 Å². The average molecular weight is 442 g/mol. The Bertz CT molecular complexity index is 969. The van der Waals surface area contributed by atoms with E-state index in [0.717, 1.165) is 29.9 Å². The summed E-state index contributed by atoms with van der Waals surface area (Å²) in [5, 5.41) is 3.99. The predicted molar refractivity (Wildman–Crippen MR) is 122 cm³/mol. The van der Waals surface area contributed by atoms with Crippen LogP contribution in [0.5, 0.6) is 0 Å². The summed E-state index contributed by atoms with van der Waals surface area (Å²) in [6.45, 7) is 3.50. The van der Waals surface area contributed by atoms with Gasteiger partial charge in [0.25, 0.3) is 5.91 Å². The van der Waals surface area contributed by atoms with Crippen LogP contribution in [0.1, 0.15) is 34.8 Å². The third-order valence-electron chi connectivity index (χ3n) is 4.40. The van der Waals surface area contributed by atoms with Crippen LogP contribution < -0.4 is 10.2 Å². The Morgan fingerprint density at radius 2 is 1.83 bits per heavy atom. The fraction of sp³-hybridized carbons (Fsp3) is 0.273. The summed E-state index contributed by atoms with van der Waals surface area (Å²) < 4.78 is 0. The van der Waals surface area contributed by atoms with Crippen LogP contribution in [0.4, 0.5) is 5.82 Å². The molecular weight excluding hydrogens is 418 g/mol. The van der Waals surface area contributed by atoms with Crippen molar-refractivity contribution in [1.82, 2.24) is 20.3 Å². The van der Waals surface area contributed by atoms with Gasteiger partial charge in [-0.05, 0) is 41.8 Å². The van der Waals surface area contributed by atoms with Crippen LogP contribution in [-0.2, 0) is 12.3 Å². The fourth-order valence-corrected chi connectivity index (χ4v) is 3.82. The standard InChI is InChI=1S/C22H24ClN5OS/c1-3-12-28(2)20-13-19(23)26-22(27-20)30-15-17-4-6-18(7-5-17)21(29)25-14-16-8-10-24-11-9-16/h4-11,13H,3,12,14-15H2,1-2H3,(H,25,29). The van der Waals surface area contributed by atoms with E-state index in [1.54, 1.807) is 18.5 Å². The molecule has 3 aromatic rings. The van der Waals surface area contributed by atoms with Crippen molar-refractivity contribution in [3.8, 4) is 0 Å². The van der Waals surface area contributed by atoms with Gasteiger partial charge in [0.1, 0.15) is 11.0 Å². The van der Waals surface area contributed by atoms with E-state index in [4.69, 9.17) is 11.6 Å². The Labute approximate surface area is 186 Å². The number of pyridine rings is 1. The van der Waals surface area contributed by atoms with Gasteiger partial charge in [0.2, 0.25) is 0 Å². The van der Waals surface area contributed by atoms with E-state index in [-0.39, 0.29) is 5.91 Å². The number of hydrogen-bond donors (Lipinski definition) is 1. The van der Waals surface area contributed by atoms with Gasteiger partial charge >= 0.3 is 0 Å². The highest BCUT2D eigenvalue weighted by molar-refractivity contribution is 7.98. The number of rotatable bonds is 9. The SMILES string of the molecule is CCCN(C)c1cc(Cl)nc(SCc2ccc(C(=O)NCc3ccncc3)cc2)n1. The first-order valence-corrected chi connectivity index (χ1v) is 11.1. The van der Waals surface area contributed by atoms with Crippen LogP contribution in [0, 0.1) is 0 Å². The number of amides is 1. The molecule has 3 rings (SSSR count). The minimum atomic E-state index is -0.104. The molecule has 0 aliphatic rings. The maximum absolute atomic E-state index is 12.3. The maximum atomic E-state index is 12.3. The Kier molecular flexibility index (Phi) is 8.04. The summed E-state index contributed by atoms with van der Waals surface area (Å²) in [5.74, 6) is 1.41. The molecule has 1 N–H and O–H groups in total. The lowest BCUT2D eigenvalue weighted by atomic mass is 10.1. The second kappa shape index (κ2) is 10.9. The van der Waals surface area contributed by atoms with E-state index in [2.05, 4.69) is 32.1 Å². The van der Waals surface area contributed by atoms with Gasteiger partial charge in [-0.15, -0.1) is 0 Å². The van der Waals surface area contributed by atoms with Crippen molar-refractivity contribution in [2.45, 2.75) is 30.8 Å². The molecule has 0 spiro atoms. The molecule has 0 fully saturated rings. The van der Waals surface area contributed by atoms with Crippen molar-refractivity contribution in [1.29, 1.82) is 0 Å². The first-order chi connectivity index (χ1) is 14.5. The quantitative estimate of drug-likeness (QED) is 0.297. The minimum Gasteiger partial charge on any atom is -0.360 e. The smallest absolute Gasteiger partial charge is 0.251 e. The van der Waals surface area contributed by atoms with Crippen molar-refractivity contribution in [2.75, 3.05) is 18.5 Å². The summed E-state index contributed by atoms with van der Waals surface area (Å²) in [4.78, 5) is 27.3. The summed E-state index contributed by atoms with van der Waals surface area (Å²) in [6, 6.07) is 13.1. The first-order valence-electron chi connectivity index (χ1n) is 9.69. The molecule has 0 saturated heterocycles. The van der Waals surface area contributed by atoms with Crippen LogP contribution in [-0.4, -0.2) is 34.5 Å². The van der Waals surface area contributed by atoms with Crippen LogP contribution in [0.2, 0.25) is 5.15 Å². The van der Waals surface area contributed by atoms with Gasteiger partial charge in [-0.1, -0.05) is 42.4 Å². The largest absolute Gasteiger partial charge is 0.360 e. The first kappa shape index (κ1) is 22.1. The maximum Gasteiger partial charge on any atom is 0.251 e. The predicted octanol–water partition coefficient (Wildman–Crippen LogP) is 4.59. The van der Waals surface area contributed by atoms with Crippen molar-refractivity contribution >= 4 is 35.1 Å². The zero-order chi connectivity index (χ0) is 21.3. The molecule has 156 valence electrons. The van der Waals surface area contributed by atoms with E-state index >= 15 is 0 Å². The third-order valence-corrected chi connectivity index (χ3v) is 5.51. The monoisotopic (exact) mass is 441 g/mol. The highest BCUT2D eigenvalue weighted by atomic mass is 35.5. The molecule has 0 aliphatic carbocycles. The Balaban J connectivity index is 1.56.